The van der Waals surface area contributed by atoms with Gasteiger partial charge in [-0.05, 0) is 74.3 Å². The van der Waals surface area contributed by atoms with Gasteiger partial charge >= 0.3 is 0 Å². The van der Waals surface area contributed by atoms with E-state index >= 15 is 0 Å². The fraction of sp³-hybridized carbons (Fsp3) is 0.469. The number of nitrogens with one attached hydrogen (secondary N) is 1. The fourth-order valence-electron chi connectivity index (χ4n) is 6.54. The molecule has 1 aliphatic carbocycles. The number of amides is 1. The normalized spacial score (nSPS) is 22.0. The zero-order chi connectivity index (χ0) is 29.6. The average Bonchev–Trinajstić information content (AvgIpc) is 3.14. The number of hydrogen-bond acceptors (Lipinski definition) is 7. The molecule has 43 heavy (non-hydrogen) atoms. The van der Waals surface area contributed by atoms with Gasteiger partial charge in [0.05, 0.1) is 17.1 Å². The molecule has 3 heterocycles. The molecular formula is C32H40ClN5O4S. The monoisotopic (exact) mass is 625 g/mol. The first-order valence-corrected chi connectivity index (χ1v) is 16.2. The lowest BCUT2D eigenvalue weighted by atomic mass is 9.75. The third kappa shape index (κ3) is 6.66. The zero-order valence-corrected chi connectivity index (χ0v) is 26.8. The second-order valence-corrected chi connectivity index (χ2v) is 14.4. The minimum atomic E-state index is -4.07. The Labute approximate surface area is 260 Å². The van der Waals surface area contributed by atoms with Crippen molar-refractivity contribution in [3.8, 4) is 17.1 Å². The molecule has 3 aliphatic rings. The van der Waals surface area contributed by atoms with Gasteiger partial charge in [-0.2, -0.15) is 4.98 Å². The number of carbonyl (C=O) groups excluding carboxylic acids is 1. The van der Waals surface area contributed by atoms with E-state index in [9.17, 15) is 13.2 Å². The van der Waals surface area contributed by atoms with Crippen LogP contribution in [-0.4, -0.2) is 72.4 Å². The SMILES string of the molecule is Cc1cccc(C)c1-c1cc2nc(n1)NS(=O)(=O)c1cccc(c1)C(=O)N1CCN(C3CCC(C)(C)CC3)C[C@H](C1)O2.Cl. The van der Waals surface area contributed by atoms with Crippen LogP contribution in [0.2, 0.25) is 0 Å². The van der Waals surface area contributed by atoms with Crippen molar-refractivity contribution < 1.29 is 17.9 Å². The number of benzene rings is 2. The molecule has 0 radical (unpaired) electrons. The minimum Gasteiger partial charge on any atom is -0.471 e. The molecule has 1 saturated carbocycles. The Morgan fingerprint density at radius 2 is 1.65 bits per heavy atom. The van der Waals surface area contributed by atoms with Crippen molar-refractivity contribution in [2.75, 3.05) is 30.9 Å². The summed E-state index contributed by atoms with van der Waals surface area (Å²) in [5.74, 6) is -0.00569. The summed E-state index contributed by atoms with van der Waals surface area (Å²) in [6.45, 7) is 11.0. The fourth-order valence-corrected chi connectivity index (χ4v) is 7.53. The standard InChI is InChI=1S/C32H39N5O4S.ClH/c1-21-7-5-8-22(2)29(21)27-18-28-34-31(33-27)35-42(39,40)26-10-6-9-23(17-26)30(38)37-16-15-36(19-25(20-37)41-28)24-11-13-32(3,4)14-12-24;/h5-10,17-18,24-25H,11-16,19-20H2,1-4H3,(H,33,34,35);1H/t25-;/m1./s1. The van der Waals surface area contributed by atoms with E-state index in [1.807, 2.05) is 32.0 Å². The molecule has 0 spiro atoms. The van der Waals surface area contributed by atoms with Crippen molar-refractivity contribution in [2.24, 2.45) is 5.41 Å². The Hall–Kier alpha value is -3.21. The summed E-state index contributed by atoms with van der Waals surface area (Å²) in [6.07, 6.45) is 4.21. The van der Waals surface area contributed by atoms with Crippen LogP contribution in [0.4, 0.5) is 5.95 Å². The molecule has 11 heteroatoms. The predicted molar refractivity (Wildman–Crippen MR) is 169 cm³/mol. The van der Waals surface area contributed by atoms with Crippen molar-refractivity contribution in [3.05, 3.63) is 65.2 Å². The highest BCUT2D eigenvalue weighted by Crippen LogP contribution is 2.37. The van der Waals surface area contributed by atoms with Gasteiger partial charge in [-0.1, -0.05) is 38.1 Å². The number of carbonyl (C=O) groups is 1. The minimum absolute atomic E-state index is 0. The lowest BCUT2D eigenvalue weighted by molar-refractivity contribution is 0.0666. The number of aryl methyl sites for hydroxylation is 2. The summed E-state index contributed by atoms with van der Waals surface area (Å²) < 4.78 is 36.0. The average molecular weight is 626 g/mol. The first-order valence-electron chi connectivity index (χ1n) is 14.8. The van der Waals surface area contributed by atoms with Gasteiger partial charge in [0.25, 0.3) is 15.9 Å². The van der Waals surface area contributed by atoms with Crippen molar-refractivity contribution in [3.63, 3.8) is 0 Å². The van der Waals surface area contributed by atoms with Crippen LogP contribution >= 0.6 is 12.4 Å². The van der Waals surface area contributed by atoms with Gasteiger partial charge < -0.3 is 9.64 Å². The number of hydrogen-bond donors (Lipinski definition) is 1. The maximum atomic E-state index is 13.8. The lowest BCUT2D eigenvalue weighted by Gasteiger charge is -2.40. The van der Waals surface area contributed by atoms with E-state index in [1.165, 1.54) is 25.0 Å². The molecule has 1 N–H and O–H groups in total. The van der Waals surface area contributed by atoms with E-state index in [-0.39, 0.29) is 41.1 Å². The van der Waals surface area contributed by atoms with Gasteiger partial charge in [0.2, 0.25) is 11.8 Å². The first kappa shape index (κ1) is 31.2. The molecule has 3 aromatic rings. The number of sulfonamides is 1. The molecule has 230 valence electrons. The topological polar surface area (TPSA) is 105 Å². The second-order valence-electron chi connectivity index (χ2n) is 12.7. The number of ether oxygens (including phenoxy) is 1. The quantitative estimate of drug-likeness (QED) is 0.403. The van der Waals surface area contributed by atoms with E-state index in [1.54, 1.807) is 23.1 Å². The van der Waals surface area contributed by atoms with Crippen LogP contribution in [0.25, 0.3) is 11.3 Å². The summed E-state index contributed by atoms with van der Waals surface area (Å²) in [6, 6.07) is 14.4. The Kier molecular flexibility index (Phi) is 8.75. The van der Waals surface area contributed by atoms with Gasteiger partial charge in [0.15, 0.2) is 0 Å². The number of rotatable bonds is 2. The van der Waals surface area contributed by atoms with Crippen molar-refractivity contribution >= 4 is 34.3 Å². The number of anilines is 1. The maximum absolute atomic E-state index is 13.8. The lowest BCUT2D eigenvalue weighted by Crippen LogP contribution is -2.45. The van der Waals surface area contributed by atoms with E-state index in [0.29, 0.717) is 42.3 Å². The third-order valence-electron chi connectivity index (χ3n) is 8.98. The summed E-state index contributed by atoms with van der Waals surface area (Å²) >= 11 is 0. The third-order valence-corrected chi connectivity index (χ3v) is 10.3. The molecule has 6 rings (SSSR count). The number of nitrogens with zero attached hydrogens (tertiary/aromatic N) is 4. The van der Waals surface area contributed by atoms with Crippen LogP contribution in [0.15, 0.2) is 53.4 Å². The van der Waals surface area contributed by atoms with Gasteiger partial charge in [0.1, 0.15) is 6.10 Å². The Morgan fingerprint density at radius 1 is 0.953 bits per heavy atom. The molecular weight excluding hydrogens is 586 g/mol. The van der Waals surface area contributed by atoms with Gasteiger partial charge in [-0.3, -0.25) is 9.69 Å². The van der Waals surface area contributed by atoms with Crippen LogP contribution in [0.3, 0.4) is 0 Å². The molecule has 2 aromatic carbocycles. The molecule has 2 aliphatic heterocycles. The highest BCUT2D eigenvalue weighted by atomic mass is 35.5. The van der Waals surface area contributed by atoms with Crippen molar-refractivity contribution in [2.45, 2.75) is 70.4 Å². The van der Waals surface area contributed by atoms with E-state index in [0.717, 1.165) is 36.1 Å². The molecule has 1 amide bonds. The number of halogens is 1. The molecule has 9 nitrogen and oxygen atoms in total. The van der Waals surface area contributed by atoms with Crippen LogP contribution in [0.5, 0.6) is 5.88 Å². The van der Waals surface area contributed by atoms with Crippen molar-refractivity contribution in [1.82, 2.24) is 19.8 Å². The van der Waals surface area contributed by atoms with Crippen molar-refractivity contribution in [1.29, 1.82) is 0 Å². The van der Waals surface area contributed by atoms with E-state index < -0.39 is 10.0 Å². The van der Waals surface area contributed by atoms with Gasteiger partial charge in [0, 0.05) is 42.9 Å². The molecule has 1 aromatic heterocycles. The zero-order valence-electron chi connectivity index (χ0n) is 25.2. The summed E-state index contributed by atoms with van der Waals surface area (Å²) in [7, 11) is -4.07. The van der Waals surface area contributed by atoms with Crippen LogP contribution in [0, 0.1) is 19.3 Å². The molecule has 2 fully saturated rings. The maximum Gasteiger partial charge on any atom is 0.264 e. The summed E-state index contributed by atoms with van der Waals surface area (Å²) in [5, 5.41) is 0. The smallest absolute Gasteiger partial charge is 0.264 e. The summed E-state index contributed by atoms with van der Waals surface area (Å²) in [5.41, 5.74) is 4.18. The van der Waals surface area contributed by atoms with Crippen LogP contribution in [0.1, 0.15) is 61.0 Å². The number of aromatic nitrogens is 2. The second kappa shape index (κ2) is 12.1. The van der Waals surface area contributed by atoms with Crippen LogP contribution in [-0.2, 0) is 10.0 Å². The molecule has 1 atom stereocenters. The highest BCUT2D eigenvalue weighted by Gasteiger charge is 2.35. The van der Waals surface area contributed by atoms with Gasteiger partial charge in [-0.15, -0.1) is 12.4 Å². The molecule has 6 bridgehead atoms. The predicted octanol–water partition coefficient (Wildman–Crippen LogP) is 5.47. The Morgan fingerprint density at radius 3 is 2.37 bits per heavy atom. The Bertz CT molecular complexity index is 1600. The van der Waals surface area contributed by atoms with Gasteiger partial charge in [-0.25, -0.2) is 18.1 Å². The van der Waals surface area contributed by atoms with E-state index in [2.05, 4.69) is 33.4 Å². The first-order chi connectivity index (χ1) is 20.0. The van der Waals surface area contributed by atoms with E-state index in [4.69, 9.17) is 4.74 Å². The largest absolute Gasteiger partial charge is 0.471 e. The number of fused-ring (bicyclic) bond motifs is 6. The Balaban J connectivity index is 0.00000368. The van der Waals surface area contributed by atoms with Crippen LogP contribution < -0.4 is 9.46 Å². The molecule has 0 unspecified atom stereocenters. The molecule has 1 saturated heterocycles. The highest BCUT2D eigenvalue weighted by molar-refractivity contribution is 7.92. The summed E-state index contributed by atoms with van der Waals surface area (Å²) in [4.78, 5) is 27.2.